The van der Waals surface area contributed by atoms with Crippen LogP contribution in [0.3, 0.4) is 0 Å². The van der Waals surface area contributed by atoms with Crippen LogP contribution in [0.4, 0.5) is 23.8 Å². The van der Waals surface area contributed by atoms with Crippen LogP contribution in [0.1, 0.15) is 27.2 Å². The molecule has 1 atom stereocenters. The van der Waals surface area contributed by atoms with Crippen LogP contribution in [0.2, 0.25) is 0 Å². The summed E-state index contributed by atoms with van der Waals surface area (Å²) < 4.78 is 42.0. The van der Waals surface area contributed by atoms with E-state index >= 15 is 0 Å². The Morgan fingerprint density at radius 1 is 1.16 bits per heavy atom. The summed E-state index contributed by atoms with van der Waals surface area (Å²) in [4.78, 5) is 32.1. The Kier molecular flexibility index (Phi) is 6.96. The Hall–Kier alpha value is -4.68. The molecule has 3 aromatic heterocycles. The van der Waals surface area contributed by atoms with Crippen LogP contribution in [0.25, 0.3) is 16.8 Å². The first-order chi connectivity index (χ1) is 17.5. The van der Waals surface area contributed by atoms with Crippen molar-refractivity contribution >= 4 is 23.3 Å². The van der Waals surface area contributed by atoms with Crippen molar-refractivity contribution in [3.8, 4) is 11.3 Å². The van der Waals surface area contributed by atoms with E-state index in [-0.39, 0.29) is 29.2 Å². The number of nitrogens with two attached hydrogens (primary N) is 1. The number of aryl methyl sites for hydroxylation is 1. The van der Waals surface area contributed by atoms with Crippen molar-refractivity contribution in [2.45, 2.75) is 25.6 Å². The Morgan fingerprint density at radius 3 is 2.57 bits per heavy atom. The van der Waals surface area contributed by atoms with Crippen LogP contribution >= 0.6 is 0 Å². The zero-order valence-corrected chi connectivity index (χ0v) is 19.5. The van der Waals surface area contributed by atoms with Crippen LogP contribution in [-0.2, 0) is 12.6 Å². The van der Waals surface area contributed by atoms with E-state index in [4.69, 9.17) is 5.73 Å². The number of pyridine rings is 1. The lowest BCUT2D eigenvalue weighted by Gasteiger charge is -2.18. The predicted molar refractivity (Wildman–Crippen MR) is 128 cm³/mol. The molecule has 10 nitrogen and oxygen atoms in total. The Balaban J connectivity index is 1.62. The van der Waals surface area contributed by atoms with Gasteiger partial charge in [-0.2, -0.15) is 18.3 Å². The van der Waals surface area contributed by atoms with E-state index in [0.717, 1.165) is 22.5 Å². The van der Waals surface area contributed by atoms with E-state index < -0.39 is 35.3 Å². The monoisotopic (exact) mass is 513 g/mol. The van der Waals surface area contributed by atoms with E-state index in [2.05, 4.69) is 25.7 Å². The summed E-state index contributed by atoms with van der Waals surface area (Å²) in [6, 6.07) is 10.8. The van der Waals surface area contributed by atoms with Crippen molar-refractivity contribution in [3.63, 3.8) is 0 Å². The Bertz CT molecular complexity index is 1460. The van der Waals surface area contributed by atoms with Gasteiger partial charge in [0.05, 0.1) is 28.6 Å². The molecule has 0 bridgehead atoms. The van der Waals surface area contributed by atoms with Crippen molar-refractivity contribution in [1.29, 1.82) is 0 Å². The van der Waals surface area contributed by atoms with Gasteiger partial charge in [0.15, 0.2) is 5.82 Å². The number of benzene rings is 1. The number of rotatable bonds is 7. The standard InChI is InChI=1S/C24H22F3N7O3/c1-13-17(22(35)30-11-16(33-23(36)37)7-14-5-3-2-4-6-14)8-15(10-29-13)19-9-18(24(25,26)27)20-21(28)31-12-32-34(19)20/h2-6,8-10,12,16,33H,7,11H2,1H3,(H,30,35)(H,36,37)(H2,28,31,32). The number of amides is 2. The number of nitrogens with one attached hydrogen (secondary N) is 2. The molecule has 0 fully saturated rings. The lowest BCUT2D eigenvalue weighted by molar-refractivity contribution is -0.136. The normalized spacial score (nSPS) is 12.3. The minimum Gasteiger partial charge on any atom is -0.465 e. The molecule has 0 spiro atoms. The summed E-state index contributed by atoms with van der Waals surface area (Å²) in [5, 5.41) is 18.2. The molecule has 0 saturated heterocycles. The average Bonchev–Trinajstić information content (AvgIpc) is 3.25. The number of anilines is 1. The number of halogens is 3. The molecule has 0 radical (unpaired) electrons. The van der Waals surface area contributed by atoms with Gasteiger partial charge >= 0.3 is 12.3 Å². The van der Waals surface area contributed by atoms with Gasteiger partial charge in [0.2, 0.25) is 0 Å². The first-order valence-corrected chi connectivity index (χ1v) is 11.0. The molecule has 0 aliphatic rings. The molecule has 192 valence electrons. The highest BCUT2D eigenvalue weighted by Crippen LogP contribution is 2.38. The van der Waals surface area contributed by atoms with E-state index in [1.165, 1.54) is 12.3 Å². The third-order valence-electron chi connectivity index (χ3n) is 5.68. The number of aromatic nitrogens is 4. The molecule has 1 aromatic carbocycles. The number of carbonyl (C=O) groups excluding carboxylic acids is 1. The van der Waals surface area contributed by atoms with Crippen molar-refractivity contribution < 1.29 is 27.9 Å². The number of hydrogen-bond donors (Lipinski definition) is 4. The van der Waals surface area contributed by atoms with Gasteiger partial charge in [-0.25, -0.2) is 14.3 Å². The quantitative estimate of drug-likeness (QED) is 0.296. The van der Waals surface area contributed by atoms with E-state index in [1.54, 1.807) is 6.92 Å². The molecule has 5 N–H and O–H groups in total. The largest absolute Gasteiger partial charge is 0.465 e. The molecule has 3 heterocycles. The number of nitrogens with zero attached hydrogens (tertiary/aromatic N) is 4. The maximum Gasteiger partial charge on any atom is 0.418 e. The van der Waals surface area contributed by atoms with Crippen molar-refractivity contribution in [2.24, 2.45) is 0 Å². The van der Waals surface area contributed by atoms with Crippen LogP contribution in [-0.4, -0.2) is 49.3 Å². The van der Waals surface area contributed by atoms with E-state index in [0.29, 0.717) is 12.1 Å². The third kappa shape index (κ3) is 5.60. The molecule has 1 unspecified atom stereocenters. The lowest BCUT2D eigenvalue weighted by Crippen LogP contribution is -2.44. The van der Waals surface area contributed by atoms with Gasteiger partial charge in [-0.1, -0.05) is 30.3 Å². The Morgan fingerprint density at radius 2 is 1.89 bits per heavy atom. The number of carboxylic acid groups (broad SMARTS) is 1. The summed E-state index contributed by atoms with van der Waals surface area (Å²) in [6.07, 6.45) is -3.26. The number of carbonyl (C=O) groups is 2. The SMILES string of the molecule is Cc1ncc(-c2cc(C(F)(F)F)c3c(N)ncnn23)cc1C(=O)NCC(Cc1ccccc1)NC(=O)O. The minimum atomic E-state index is -4.72. The van der Waals surface area contributed by atoms with Gasteiger partial charge in [-0.05, 0) is 31.0 Å². The van der Waals surface area contributed by atoms with E-state index in [1.807, 2.05) is 30.3 Å². The third-order valence-corrected chi connectivity index (χ3v) is 5.68. The fourth-order valence-corrected chi connectivity index (χ4v) is 3.95. The number of nitrogen functional groups attached to an aromatic ring is 1. The summed E-state index contributed by atoms with van der Waals surface area (Å²) in [5.41, 5.74) is 5.82. The smallest absolute Gasteiger partial charge is 0.418 e. The number of alkyl halides is 3. The van der Waals surface area contributed by atoms with Gasteiger partial charge in [-0.3, -0.25) is 9.78 Å². The van der Waals surface area contributed by atoms with Crippen LogP contribution < -0.4 is 16.4 Å². The second kappa shape index (κ2) is 10.1. The number of fused-ring (bicyclic) bond motifs is 1. The van der Waals surface area contributed by atoms with Crippen LogP contribution in [0.15, 0.2) is 55.0 Å². The van der Waals surface area contributed by atoms with Gasteiger partial charge in [0, 0.05) is 18.3 Å². The maximum absolute atomic E-state index is 13.7. The molecular weight excluding hydrogens is 491 g/mol. The van der Waals surface area contributed by atoms with Crippen molar-refractivity contribution in [1.82, 2.24) is 30.2 Å². The fourth-order valence-electron chi connectivity index (χ4n) is 3.95. The molecule has 4 aromatic rings. The van der Waals surface area contributed by atoms with Crippen molar-refractivity contribution in [3.05, 3.63) is 77.4 Å². The molecule has 4 rings (SSSR count). The molecule has 37 heavy (non-hydrogen) atoms. The molecule has 0 saturated carbocycles. The highest BCUT2D eigenvalue weighted by atomic mass is 19.4. The van der Waals surface area contributed by atoms with Gasteiger partial charge in [-0.15, -0.1) is 0 Å². The highest BCUT2D eigenvalue weighted by Gasteiger charge is 2.36. The summed E-state index contributed by atoms with van der Waals surface area (Å²) in [6.45, 7) is 1.55. The Labute approximate surface area is 208 Å². The lowest BCUT2D eigenvalue weighted by atomic mass is 10.1. The summed E-state index contributed by atoms with van der Waals surface area (Å²) >= 11 is 0. The first kappa shape index (κ1) is 25.4. The second-order valence-electron chi connectivity index (χ2n) is 8.25. The highest BCUT2D eigenvalue weighted by molar-refractivity contribution is 5.96. The zero-order chi connectivity index (χ0) is 26.7. The molecule has 0 aliphatic heterocycles. The topological polar surface area (TPSA) is 148 Å². The van der Waals surface area contributed by atoms with Gasteiger partial charge < -0.3 is 21.5 Å². The minimum absolute atomic E-state index is 0.0208. The van der Waals surface area contributed by atoms with Crippen LogP contribution in [0, 0.1) is 6.92 Å². The molecular formula is C24H22F3N7O3. The molecule has 0 aliphatic carbocycles. The molecule has 2 amide bonds. The van der Waals surface area contributed by atoms with Gasteiger partial charge in [0.1, 0.15) is 11.8 Å². The zero-order valence-electron chi connectivity index (χ0n) is 19.5. The fraction of sp³-hybridized carbons (Fsp3) is 0.208. The first-order valence-electron chi connectivity index (χ1n) is 11.0. The van der Waals surface area contributed by atoms with E-state index in [9.17, 15) is 27.9 Å². The summed E-state index contributed by atoms with van der Waals surface area (Å²) in [5.74, 6) is -0.912. The second-order valence-corrected chi connectivity index (χ2v) is 8.25. The van der Waals surface area contributed by atoms with Crippen molar-refractivity contribution in [2.75, 3.05) is 12.3 Å². The van der Waals surface area contributed by atoms with Crippen LogP contribution in [0.5, 0.6) is 0 Å². The molecule has 13 heteroatoms. The van der Waals surface area contributed by atoms with Gasteiger partial charge in [0.25, 0.3) is 5.91 Å². The number of hydrogen-bond acceptors (Lipinski definition) is 6. The average molecular weight is 513 g/mol. The predicted octanol–water partition coefficient (Wildman–Crippen LogP) is 3.31. The summed E-state index contributed by atoms with van der Waals surface area (Å²) in [7, 11) is 0. The maximum atomic E-state index is 13.7.